The number of sulfonamides is 1. The number of hydrogen-bond acceptors (Lipinski definition) is 6. The number of nitrogens with zero attached hydrogens (tertiary/aromatic N) is 1. The Bertz CT molecular complexity index is 936. The van der Waals surface area contributed by atoms with E-state index in [1.165, 1.54) is 6.07 Å². The predicted molar refractivity (Wildman–Crippen MR) is 104 cm³/mol. The van der Waals surface area contributed by atoms with Gasteiger partial charge < -0.3 is 21.6 Å². The van der Waals surface area contributed by atoms with Gasteiger partial charge in [-0.25, -0.2) is 13.6 Å². The monoisotopic (exact) mass is 389 g/mol. The summed E-state index contributed by atoms with van der Waals surface area (Å²) in [5.74, 6) is 5.20. The third kappa shape index (κ3) is 4.45. The Kier molecular flexibility index (Phi) is 5.76. The van der Waals surface area contributed by atoms with E-state index in [0.29, 0.717) is 11.6 Å². The minimum Gasteiger partial charge on any atom is -0.382 e. The summed E-state index contributed by atoms with van der Waals surface area (Å²) >= 11 is 0. The van der Waals surface area contributed by atoms with Crippen LogP contribution in [0.5, 0.6) is 0 Å². The maximum Gasteiger partial charge on any atom is 0.238 e. The van der Waals surface area contributed by atoms with Crippen molar-refractivity contribution in [3.8, 4) is 11.1 Å². The van der Waals surface area contributed by atoms with Crippen molar-refractivity contribution in [3.63, 3.8) is 0 Å². The van der Waals surface area contributed by atoms with E-state index in [1.807, 2.05) is 24.3 Å². The van der Waals surface area contributed by atoms with E-state index >= 15 is 0 Å². The lowest BCUT2D eigenvalue weighted by molar-refractivity contribution is 0.190. The summed E-state index contributed by atoms with van der Waals surface area (Å²) in [4.78, 5) is -0.112. The van der Waals surface area contributed by atoms with E-state index in [2.05, 4.69) is 10.4 Å². The maximum absolute atomic E-state index is 11.9. The summed E-state index contributed by atoms with van der Waals surface area (Å²) in [6.07, 6.45) is 1.01. The van der Waals surface area contributed by atoms with Crippen molar-refractivity contribution in [1.29, 1.82) is 0 Å². The molecule has 3 rings (SSSR count). The molecular formula is C18H23N5O3S. The molecule has 1 aliphatic rings. The van der Waals surface area contributed by atoms with Crippen LogP contribution in [0.1, 0.15) is 17.5 Å². The van der Waals surface area contributed by atoms with Crippen LogP contribution in [0.15, 0.2) is 52.5 Å². The van der Waals surface area contributed by atoms with Crippen LogP contribution in [-0.4, -0.2) is 33.5 Å². The van der Waals surface area contributed by atoms with Crippen LogP contribution in [0.4, 0.5) is 0 Å². The fraction of sp³-hybridized carbons (Fsp3) is 0.278. The second-order valence-corrected chi connectivity index (χ2v) is 7.91. The third-order valence-electron chi connectivity index (χ3n) is 4.52. The standard InChI is InChI=1S/C18H23N5O3S/c19-18(23-20)17-15(2-1-3-16(17)27(21,24)25)13-6-4-12(5-7-13)10-22-14-8-9-26-11-14/h1-7,14,22H,8-11,20H2,(H2,19,23)(H2,21,24,25)/t14-/m1/s1. The summed E-state index contributed by atoms with van der Waals surface area (Å²) in [6.45, 7) is 2.26. The molecule has 0 radical (unpaired) electrons. The Hall–Kier alpha value is -2.46. The molecule has 1 saturated heterocycles. The van der Waals surface area contributed by atoms with E-state index < -0.39 is 10.0 Å². The molecule has 1 heterocycles. The Morgan fingerprint density at radius 3 is 2.56 bits per heavy atom. The zero-order chi connectivity index (χ0) is 19.4. The lowest BCUT2D eigenvalue weighted by atomic mass is 9.98. The van der Waals surface area contributed by atoms with Gasteiger partial charge in [0.25, 0.3) is 0 Å². The fourth-order valence-electron chi connectivity index (χ4n) is 3.10. The smallest absolute Gasteiger partial charge is 0.238 e. The normalized spacial score (nSPS) is 18.0. The minimum absolute atomic E-state index is 0.0957. The van der Waals surface area contributed by atoms with E-state index in [9.17, 15) is 8.42 Å². The first kappa shape index (κ1) is 19.3. The minimum atomic E-state index is -3.98. The van der Waals surface area contributed by atoms with Gasteiger partial charge >= 0.3 is 0 Å². The second-order valence-electron chi connectivity index (χ2n) is 6.38. The molecule has 2 aromatic carbocycles. The van der Waals surface area contributed by atoms with E-state index in [0.717, 1.165) is 37.3 Å². The zero-order valence-electron chi connectivity index (χ0n) is 14.8. The van der Waals surface area contributed by atoms with Crippen LogP contribution in [0.3, 0.4) is 0 Å². The molecule has 0 spiro atoms. The third-order valence-corrected chi connectivity index (χ3v) is 5.47. The molecule has 144 valence electrons. The van der Waals surface area contributed by atoms with E-state index in [-0.39, 0.29) is 16.3 Å². The van der Waals surface area contributed by atoms with Gasteiger partial charge in [-0.2, -0.15) is 5.10 Å². The highest BCUT2D eigenvalue weighted by molar-refractivity contribution is 7.89. The average Bonchev–Trinajstić information content (AvgIpc) is 3.18. The first-order chi connectivity index (χ1) is 12.9. The molecule has 1 fully saturated rings. The number of benzene rings is 2. The number of nitrogens with two attached hydrogens (primary N) is 3. The van der Waals surface area contributed by atoms with Gasteiger partial charge in [-0.15, -0.1) is 0 Å². The van der Waals surface area contributed by atoms with E-state index in [4.69, 9.17) is 21.5 Å². The Morgan fingerprint density at radius 1 is 1.22 bits per heavy atom. The van der Waals surface area contributed by atoms with Crippen molar-refractivity contribution >= 4 is 15.9 Å². The van der Waals surface area contributed by atoms with Gasteiger partial charge in [-0.1, -0.05) is 36.4 Å². The molecule has 27 heavy (non-hydrogen) atoms. The SMILES string of the molecule is N/N=C(\N)c1c(-c2ccc(CN[C@@H]3CCOC3)cc2)cccc1S(N)(=O)=O. The van der Waals surface area contributed by atoms with Gasteiger partial charge in [0.2, 0.25) is 10.0 Å². The van der Waals surface area contributed by atoms with Crippen molar-refractivity contribution in [3.05, 3.63) is 53.6 Å². The van der Waals surface area contributed by atoms with Gasteiger partial charge in [0.05, 0.1) is 11.5 Å². The van der Waals surface area contributed by atoms with Crippen LogP contribution in [-0.2, 0) is 21.3 Å². The topological polar surface area (TPSA) is 146 Å². The molecule has 0 bridgehead atoms. The summed E-state index contributed by atoms with van der Waals surface area (Å²) < 4.78 is 29.2. The number of hydrogen-bond donors (Lipinski definition) is 4. The average molecular weight is 389 g/mol. The fourth-order valence-corrected chi connectivity index (χ4v) is 3.86. The van der Waals surface area contributed by atoms with E-state index in [1.54, 1.807) is 12.1 Å². The first-order valence-corrected chi connectivity index (χ1v) is 10.0. The molecule has 9 heteroatoms. The lowest BCUT2D eigenvalue weighted by Crippen LogP contribution is -2.28. The Morgan fingerprint density at radius 2 is 1.96 bits per heavy atom. The number of nitrogens with one attached hydrogen (secondary N) is 1. The summed E-state index contributed by atoms with van der Waals surface area (Å²) in [5, 5.41) is 12.2. The maximum atomic E-state index is 11.9. The second kappa shape index (κ2) is 8.05. The Labute approximate surface area is 158 Å². The van der Waals surface area contributed by atoms with Crippen molar-refractivity contribution in [1.82, 2.24) is 5.32 Å². The van der Waals surface area contributed by atoms with Gasteiger partial charge in [0.1, 0.15) is 0 Å². The van der Waals surface area contributed by atoms with Crippen molar-refractivity contribution in [2.45, 2.75) is 23.9 Å². The van der Waals surface area contributed by atoms with Crippen LogP contribution in [0.2, 0.25) is 0 Å². The molecule has 0 unspecified atom stereocenters. The van der Waals surface area contributed by atoms with Crippen molar-refractivity contribution in [2.24, 2.45) is 21.8 Å². The van der Waals surface area contributed by atoms with Crippen LogP contribution in [0, 0.1) is 0 Å². The summed E-state index contributed by atoms with van der Waals surface area (Å²) in [7, 11) is -3.98. The molecule has 7 N–H and O–H groups in total. The molecule has 0 amide bonds. The molecule has 0 aliphatic carbocycles. The Balaban J connectivity index is 1.91. The van der Waals surface area contributed by atoms with Crippen LogP contribution >= 0.6 is 0 Å². The number of ether oxygens (including phenoxy) is 1. The summed E-state index contributed by atoms with van der Waals surface area (Å²) in [5.41, 5.74) is 8.55. The molecule has 1 atom stereocenters. The first-order valence-electron chi connectivity index (χ1n) is 8.50. The highest BCUT2D eigenvalue weighted by Gasteiger charge is 2.21. The number of amidine groups is 1. The number of primary sulfonamides is 1. The largest absolute Gasteiger partial charge is 0.382 e. The number of rotatable bonds is 6. The van der Waals surface area contributed by atoms with Gasteiger partial charge in [0.15, 0.2) is 5.84 Å². The molecule has 8 nitrogen and oxygen atoms in total. The van der Waals surface area contributed by atoms with Crippen molar-refractivity contribution < 1.29 is 13.2 Å². The summed E-state index contributed by atoms with van der Waals surface area (Å²) in [6, 6.07) is 12.9. The molecule has 2 aromatic rings. The van der Waals surface area contributed by atoms with Crippen molar-refractivity contribution in [2.75, 3.05) is 13.2 Å². The van der Waals surface area contributed by atoms with Crippen LogP contribution < -0.4 is 22.0 Å². The predicted octanol–water partition coefficient (Wildman–Crippen LogP) is 0.459. The van der Waals surface area contributed by atoms with Crippen LogP contribution in [0.25, 0.3) is 11.1 Å². The molecular weight excluding hydrogens is 366 g/mol. The molecule has 0 aromatic heterocycles. The molecule has 0 saturated carbocycles. The van der Waals surface area contributed by atoms with Gasteiger partial charge in [-0.3, -0.25) is 0 Å². The highest BCUT2D eigenvalue weighted by Crippen LogP contribution is 2.28. The van der Waals surface area contributed by atoms with Gasteiger partial charge in [0, 0.05) is 24.8 Å². The molecule has 1 aliphatic heterocycles. The lowest BCUT2D eigenvalue weighted by Gasteiger charge is -2.14. The highest BCUT2D eigenvalue weighted by atomic mass is 32.2. The number of hydrazone groups is 1. The quantitative estimate of drug-likeness (QED) is 0.244. The van der Waals surface area contributed by atoms with Gasteiger partial charge in [-0.05, 0) is 29.2 Å². The zero-order valence-corrected chi connectivity index (χ0v) is 15.6.